The summed E-state index contributed by atoms with van der Waals surface area (Å²) < 4.78 is 47.6. The molecule has 4 rings (SSSR count). The predicted octanol–water partition coefficient (Wildman–Crippen LogP) is 3.21. The summed E-state index contributed by atoms with van der Waals surface area (Å²) in [6.45, 7) is 0. The molecule has 0 amide bonds. The number of nitrogens with zero attached hydrogens (tertiary/aromatic N) is 6. The van der Waals surface area contributed by atoms with Gasteiger partial charge in [-0.05, 0) is 6.07 Å². The zero-order valence-electron chi connectivity index (χ0n) is 17.6. The summed E-state index contributed by atoms with van der Waals surface area (Å²) in [6.07, 6.45) is 2.96. The molecule has 0 saturated carbocycles. The molecule has 0 unspecified atom stereocenters. The Labute approximate surface area is 194 Å². The van der Waals surface area contributed by atoms with Crippen LogP contribution >= 0.6 is 11.6 Å². The van der Waals surface area contributed by atoms with Crippen molar-refractivity contribution in [2.45, 2.75) is 6.18 Å². The van der Waals surface area contributed by atoms with Crippen LogP contribution in [-0.4, -0.2) is 29.1 Å². The van der Waals surface area contributed by atoms with Crippen LogP contribution in [0.5, 0.6) is 5.75 Å². The fraction of sp³-hybridized carbons (Fsp3) is 0.150. The van der Waals surface area contributed by atoms with E-state index in [1.165, 1.54) is 42.6 Å². The fourth-order valence-corrected chi connectivity index (χ4v) is 3.39. The molecule has 0 saturated heterocycles. The van der Waals surface area contributed by atoms with E-state index in [9.17, 15) is 18.0 Å². The number of imidazole rings is 1. The van der Waals surface area contributed by atoms with Gasteiger partial charge in [0.2, 0.25) is 5.95 Å². The first-order valence-electron chi connectivity index (χ1n) is 9.52. The highest BCUT2D eigenvalue weighted by Gasteiger charge is 2.32. The number of nitrogens with two attached hydrogens (primary N) is 1. The molecule has 0 spiro atoms. The number of anilines is 2. The third-order valence-electron chi connectivity index (χ3n) is 4.75. The van der Waals surface area contributed by atoms with Gasteiger partial charge in [-0.25, -0.2) is 9.97 Å². The van der Waals surface area contributed by atoms with Gasteiger partial charge < -0.3 is 24.9 Å². The molecule has 0 atom stereocenters. The van der Waals surface area contributed by atoms with Crippen LogP contribution in [0.2, 0.25) is 5.02 Å². The van der Waals surface area contributed by atoms with Crippen molar-refractivity contribution in [3.8, 4) is 5.75 Å². The van der Waals surface area contributed by atoms with Crippen LogP contribution in [0.3, 0.4) is 0 Å². The zero-order valence-corrected chi connectivity index (χ0v) is 18.4. The molecule has 0 fully saturated rings. The van der Waals surface area contributed by atoms with E-state index in [0.717, 1.165) is 4.57 Å². The Morgan fingerprint density at radius 2 is 2.00 bits per heavy atom. The summed E-state index contributed by atoms with van der Waals surface area (Å²) >= 11 is 6.52. The van der Waals surface area contributed by atoms with Gasteiger partial charge >= 0.3 is 6.18 Å². The topological polar surface area (TPSA) is 126 Å². The normalized spacial score (nSPS) is 12.2. The number of rotatable bonds is 5. The van der Waals surface area contributed by atoms with E-state index in [1.54, 1.807) is 7.05 Å². The number of fused-ring (bicyclic) bond motifs is 1. The minimum atomic E-state index is -4.64. The number of ether oxygens (including phenoxy) is 1. The van der Waals surface area contributed by atoms with Crippen LogP contribution in [0.25, 0.3) is 16.9 Å². The van der Waals surface area contributed by atoms with E-state index in [1.807, 2.05) is 0 Å². The van der Waals surface area contributed by atoms with Crippen molar-refractivity contribution < 1.29 is 17.9 Å². The summed E-state index contributed by atoms with van der Waals surface area (Å²) in [6, 6.07) is 0.713. The number of aryl methyl sites for hydroxylation is 2. The Morgan fingerprint density at radius 3 is 2.65 bits per heavy atom. The molecule has 0 bridgehead atoms. The molecule has 0 aliphatic heterocycles. The van der Waals surface area contributed by atoms with Crippen LogP contribution in [0.4, 0.5) is 24.8 Å². The Morgan fingerprint density at radius 1 is 1.24 bits per heavy atom. The number of halogens is 4. The van der Waals surface area contributed by atoms with Gasteiger partial charge in [-0.1, -0.05) is 11.6 Å². The van der Waals surface area contributed by atoms with Gasteiger partial charge in [0.25, 0.3) is 5.56 Å². The minimum absolute atomic E-state index is 0.0430. The average Bonchev–Trinajstić information content (AvgIpc) is 3.12. The van der Waals surface area contributed by atoms with Gasteiger partial charge in [0, 0.05) is 38.9 Å². The second-order valence-corrected chi connectivity index (χ2v) is 7.39. The first kappa shape index (κ1) is 23.0. The average molecular weight is 493 g/mol. The molecule has 34 heavy (non-hydrogen) atoms. The summed E-state index contributed by atoms with van der Waals surface area (Å²) in [4.78, 5) is 28.9. The molecule has 4 heterocycles. The molecule has 3 N–H and O–H groups in total. The Kier molecular flexibility index (Phi) is 5.87. The van der Waals surface area contributed by atoms with Crippen LogP contribution in [0.1, 0.15) is 11.3 Å². The van der Waals surface area contributed by atoms with Crippen LogP contribution < -0.4 is 21.3 Å². The number of alkyl halides is 3. The predicted molar refractivity (Wildman–Crippen MR) is 118 cm³/mol. The second-order valence-electron chi connectivity index (χ2n) is 7.01. The van der Waals surface area contributed by atoms with Gasteiger partial charge in [0.15, 0.2) is 17.2 Å². The third-order valence-corrected chi connectivity index (χ3v) is 5.11. The van der Waals surface area contributed by atoms with Gasteiger partial charge in [0.1, 0.15) is 21.9 Å². The van der Waals surface area contributed by atoms with E-state index in [4.69, 9.17) is 22.1 Å². The number of pyridine rings is 2. The highest BCUT2D eigenvalue weighted by molar-refractivity contribution is 6.36. The van der Waals surface area contributed by atoms with Crippen LogP contribution in [0.15, 0.2) is 48.0 Å². The quantitative estimate of drug-likeness (QED) is 0.407. The van der Waals surface area contributed by atoms with E-state index in [2.05, 4.69) is 25.3 Å². The van der Waals surface area contributed by atoms with Gasteiger partial charge in [-0.15, -0.1) is 0 Å². The lowest BCUT2D eigenvalue weighted by Crippen LogP contribution is -2.23. The largest absolute Gasteiger partial charge is 0.450 e. The Balaban J connectivity index is 1.73. The molecular weight excluding hydrogens is 477 g/mol. The van der Waals surface area contributed by atoms with Crippen molar-refractivity contribution >= 4 is 40.2 Å². The maximum absolute atomic E-state index is 13.2. The maximum atomic E-state index is 13.2. The fourth-order valence-electron chi connectivity index (χ4n) is 3.09. The van der Waals surface area contributed by atoms with Crippen molar-refractivity contribution in [2.75, 3.05) is 5.32 Å². The van der Waals surface area contributed by atoms with Gasteiger partial charge in [0.05, 0.1) is 18.0 Å². The van der Waals surface area contributed by atoms with E-state index < -0.39 is 17.3 Å². The standard InChI is InChI=1S/C20H16ClF3N8O2/c1-31-9-10(20(22,23)24)5-11(18(31)33)29-19-30-17-16(32(19)2)15(21)14(8-28-17)34-13(6-25)12-7-26-3-4-27-12/h3-9H,25H2,1-2H3,(H,28,29,30)/b13-6+. The van der Waals surface area contributed by atoms with Crippen molar-refractivity contribution in [1.82, 2.24) is 29.1 Å². The molecule has 0 radical (unpaired) electrons. The molecule has 10 nitrogen and oxygen atoms in total. The first-order chi connectivity index (χ1) is 16.1. The van der Waals surface area contributed by atoms with E-state index in [0.29, 0.717) is 23.5 Å². The monoisotopic (exact) mass is 492 g/mol. The van der Waals surface area contributed by atoms with Crippen molar-refractivity contribution in [3.63, 3.8) is 0 Å². The SMILES string of the molecule is Cn1cc(C(F)(F)F)cc(Nc2nc3ncc(O/C(=C/N)c4cnccn4)c(Cl)c3n2C)c1=O. The van der Waals surface area contributed by atoms with Crippen LogP contribution in [-0.2, 0) is 20.3 Å². The lowest BCUT2D eigenvalue weighted by Gasteiger charge is -2.12. The molecular formula is C20H16ClF3N8O2. The summed E-state index contributed by atoms with van der Waals surface area (Å²) in [5.74, 6) is 0.340. The number of hydrogen-bond donors (Lipinski definition) is 2. The first-order valence-corrected chi connectivity index (χ1v) is 9.90. The Hall–Kier alpha value is -4.13. The molecule has 0 aliphatic rings. The highest BCUT2D eigenvalue weighted by atomic mass is 35.5. The minimum Gasteiger partial charge on any atom is -0.450 e. The Bertz CT molecular complexity index is 1460. The summed E-state index contributed by atoms with van der Waals surface area (Å²) in [5, 5.41) is 2.74. The maximum Gasteiger partial charge on any atom is 0.417 e. The third kappa shape index (κ3) is 4.24. The molecule has 176 valence electrons. The van der Waals surface area contributed by atoms with E-state index >= 15 is 0 Å². The molecule has 14 heteroatoms. The van der Waals surface area contributed by atoms with Gasteiger partial charge in [-0.2, -0.15) is 18.2 Å². The second kappa shape index (κ2) is 8.67. The lowest BCUT2D eigenvalue weighted by molar-refractivity contribution is -0.138. The van der Waals surface area contributed by atoms with E-state index in [-0.39, 0.29) is 33.8 Å². The smallest absolute Gasteiger partial charge is 0.417 e. The molecule has 4 aromatic rings. The summed E-state index contributed by atoms with van der Waals surface area (Å²) in [7, 11) is 2.77. The number of aromatic nitrogens is 6. The molecule has 4 aromatic heterocycles. The highest BCUT2D eigenvalue weighted by Crippen LogP contribution is 2.35. The number of nitrogens with one attached hydrogen (secondary N) is 1. The van der Waals surface area contributed by atoms with Crippen LogP contribution in [0, 0.1) is 0 Å². The lowest BCUT2D eigenvalue weighted by atomic mass is 10.2. The van der Waals surface area contributed by atoms with Crippen molar-refractivity contribution in [1.29, 1.82) is 0 Å². The zero-order chi connectivity index (χ0) is 24.6. The van der Waals surface area contributed by atoms with Crippen molar-refractivity contribution in [3.05, 3.63) is 69.9 Å². The number of hydrogen-bond acceptors (Lipinski definition) is 8. The van der Waals surface area contributed by atoms with Crippen molar-refractivity contribution in [2.24, 2.45) is 19.8 Å². The summed E-state index contributed by atoms with van der Waals surface area (Å²) in [5.41, 5.74) is 4.49. The molecule has 0 aliphatic carbocycles. The molecule has 0 aromatic carbocycles. The van der Waals surface area contributed by atoms with Gasteiger partial charge in [-0.3, -0.25) is 9.78 Å².